The fourth-order valence-electron chi connectivity index (χ4n) is 1.99. The summed E-state index contributed by atoms with van der Waals surface area (Å²) in [6, 6.07) is 0. The first kappa shape index (κ1) is 8.82. The van der Waals surface area contributed by atoms with Gasteiger partial charge in [-0.05, 0) is 31.9 Å². The second-order valence-corrected chi connectivity index (χ2v) is 3.72. The molecular formula is C11H18N2. The van der Waals surface area contributed by atoms with Crippen LogP contribution in [0.5, 0.6) is 0 Å². The fraction of sp³-hybridized carbons (Fsp3) is 0.636. The van der Waals surface area contributed by atoms with E-state index in [1.54, 1.807) is 0 Å². The summed E-state index contributed by atoms with van der Waals surface area (Å²) in [5.74, 6) is 0. The summed E-state index contributed by atoms with van der Waals surface area (Å²) in [5.41, 5.74) is 1.53. The minimum Gasteiger partial charge on any atom is -0.373 e. The lowest BCUT2D eigenvalue weighted by Crippen LogP contribution is -2.27. The Kier molecular flexibility index (Phi) is 3.03. The molecule has 0 spiro atoms. The van der Waals surface area contributed by atoms with Crippen LogP contribution in [0.1, 0.15) is 19.3 Å². The highest BCUT2D eigenvalue weighted by molar-refractivity contribution is 5.17. The molecule has 2 rings (SSSR count). The van der Waals surface area contributed by atoms with Gasteiger partial charge in [-0.1, -0.05) is 12.2 Å². The number of allylic oxidation sites excluding steroid dienone is 4. The van der Waals surface area contributed by atoms with E-state index in [2.05, 4.69) is 28.4 Å². The van der Waals surface area contributed by atoms with Gasteiger partial charge in [0.25, 0.3) is 0 Å². The molecule has 1 heterocycles. The Balaban J connectivity index is 1.97. The second kappa shape index (κ2) is 4.47. The van der Waals surface area contributed by atoms with Crippen molar-refractivity contribution in [3.63, 3.8) is 0 Å². The molecular weight excluding hydrogens is 160 g/mol. The van der Waals surface area contributed by atoms with Crippen molar-refractivity contribution in [2.24, 2.45) is 0 Å². The van der Waals surface area contributed by atoms with E-state index in [1.165, 1.54) is 44.6 Å². The third kappa shape index (κ3) is 2.34. The van der Waals surface area contributed by atoms with Gasteiger partial charge in [0.2, 0.25) is 0 Å². The predicted molar refractivity (Wildman–Crippen MR) is 55.5 cm³/mol. The first-order chi connectivity index (χ1) is 6.47. The maximum absolute atomic E-state index is 3.43. The summed E-state index contributed by atoms with van der Waals surface area (Å²) in [4.78, 5) is 2.53. The van der Waals surface area contributed by atoms with Crippen LogP contribution in [0.4, 0.5) is 0 Å². The van der Waals surface area contributed by atoms with Gasteiger partial charge in [-0.15, -0.1) is 0 Å². The molecule has 2 nitrogen and oxygen atoms in total. The van der Waals surface area contributed by atoms with Gasteiger partial charge < -0.3 is 10.2 Å². The molecule has 0 saturated carbocycles. The zero-order valence-electron chi connectivity index (χ0n) is 8.13. The summed E-state index contributed by atoms with van der Waals surface area (Å²) >= 11 is 0. The highest BCUT2D eigenvalue weighted by atomic mass is 15.2. The highest BCUT2D eigenvalue weighted by Crippen LogP contribution is 2.16. The topological polar surface area (TPSA) is 15.3 Å². The van der Waals surface area contributed by atoms with Crippen molar-refractivity contribution < 1.29 is 0 Å². The van der Waals surface area contributed by atoms with Crippen molar-refractivity contribution >= 4 is 0 Å². The van der Waals surface area contributed by atoms with E-state index < -0.39 is 0 Å². The van der Waals surface area contributed by atoms with Crippen LogP contribution < -0.4 is 5.32 Å². The average molecular weight is 178 g/mol. The number of nitrogens with one attached hydrogen (secondary N) is 1. The first-order valence-corrected chi connectivity index (χ1v) is 5.28. The lowest BCUT2D eigenvalue weighted by atomic mass is 10.1. The van der Waals surface area contributed by atoms with Crippen molar-refractivity contribution in [2.45, 2.75) is 19.3 Å². The molecule has 0 bridgehead atoms. The average Bonchev–Trinajstić information content (AvgIpc) is 2.47. The zero-order chi connectivity index (χ0) is 8.93. The van der Waals surface area contributed by atoms with Crippen LogP contribution in [0.25, 0.3) is 0 Å². The molecule has 1 aliphatic heterocycles. The molecule has 72 valence electrons. The maximum atomic E-state index is 3.43. The quantitative estimate of drug-likeness (QED) is 0.655. The summed E-state index contributed by atoms with van der Waals surface area (Å²) < 4.78 is 0. The van der Waals surface area contributed by atoms with Gasteiger partial charge in [0.1, 0.15) is 0 Å². The van der Waals surface area contributed by atoms with Gasteiger partial charge in [-0.2, -0.15) is 0 Å². The molecule has 1 N–H and O–H groups in total. The molecule has 0 amide bonds. The van der Waals surface area contributed by atoms with Crippen LogP contribution in [0.15, 0.2) is 23.9 Å². The van der Waals surface area contributed by atoms with Crippen molar-refractivity contribution in [1.29, 1.82) is 0 Å². The van der Waals surface area contributed by atoms with Gasteiger partial charge in [0.05, 0.1) is 0 Å². The lowest BCUT2D eigenvalue weighted by Gasteiger charge is -2.26. The van der Waals surface area contributed by atoms with Crippen LogP contribution in [0, 0.1) is 0 Å². The van der Waals surface area contributed by atoms with Gasteiger partial charge in [-0.3, -0.25) is 0 Å². The molecule has 13 heavy (non-hydrogen) atoms. The molecule has 2 aliphatic rings. The van der Waals surface area contributed by atoms with Crippen LogP contribution in [0.2, 0.25) is 0 Å². The van der Waals surface area contributed by atoms with Crippen molar-refractivity contribution in [2.75, 3.05) is 26.2 Å². The second-order valence-electron chi connectivity index (χ2n) is 3.72. The molecule has 0 unspecified atom stereocenters. The Bertz CT molecular complexity index is 210. The van der Waals surface area contributed by atoms with Crippen LogP contribution >= 0.6 is 0 Å². The van der Waals surface area contributed by atoms with Crippen LogP contribution in [-0.4, -0.2) is 31.1 Å². The standard InChI is InChI=1S/C11H18N2/c1-2-5-11(6-3-1)13-9-4-7-12-8-10-13/h1-2,5,12H,3-4,6-10H2. The van der Waals surface area contributed by atoms with Crippen molar-refractivity contribution in [3.05, 3.63) is 23.9 Å². The molecule has 0 radical (unpaired) electrons. The Morgan fingerprint density at radius 3 is 3.08 bits per heavy atom. The van der Waals surface area contributed by atoms with Gasteiger partial charge in [0.15, 0.2) is 0 Å². The molecule has 0 aromatic heterocycles. The lowest BCUT2D eigenvalue weighted by molar-refractivity contribution is 0.353. The Morgan fingerprint density at radius 1 is 1.23 bits per heavy atom. The minimum atomic E-state index is 1.14. The summed E-state index contributed by atoms with van der Waals surface area (Å²) in [7, 11) is 0. The number of hydrogen-bond acceptors (Lipinski definition) is 2. The SMILES string of the molecule is C1=CCCC(N2CCCNCC2)=C1. The molecule has 0 aromatic rings. The normalized spacial score (nSPS) is 24.0. The fourth-order valence-corrected chi connectivity index (χ4v) is 1.99. The van der Waals surface area contributed by atoms with Gasteiger partial charge >= 0.3 is 0 Å². The van der Waals surface area contributed by atoms with Crippen LogP contribution in [0.3, 0.4) is 0 Å². The van der Waals surface area contributed by atoms with E-state index in [4.69, 9.17) is 0 Å². The van der Waals surface area contributed by atoms with Gasteiger partial charge in [0, 0.05) is 25.3 Å². The van der Waals surface area contributed by atoms with E-state index in [0.29, 0.717) is 0 Å². The minimum absolute atomic E-state index is 1.14. The Hall–Kier alpha value is -0.760. The largest absolute Gasteiger partial charge is 0.373 e. The van der Waals surface area contributed by atoms with E-state index in [1.807, 2.05) is 0 Å². The Morgan fingerprint density at radius 2 is 2.23 bits per heavy atom. The van der Waals surface area contributed by atoms with E-state index in [0.717, 1.165) is 6.54 Å². The molecule has 1 saturated heterocycles. The van der Waals surface area contributed by atoms with Crippen molar-refractivity contribution in [3.8, 4) is 0 Å². The molecule has 0 aromatic carbocycles. The molecule has 1 aliphatic carbocycles. The number of rotatable bonds is 1. The van der Waals surface area contributed by atoms with E-state index in [-0.39, 0.29) is 0 Å². The third-order valence-corrected chi connectivity index (χ3v) is 2.74. The Labute approximate surface area is 80.3 Å². The smallest absolute Gasteiger partial charge is 0.0300 e. The number of nitrogens with zero attached hydrogens (tertiary/aromatic N) is 1. The molecule has 0 atom stereocenters. The van der Waals surface area contributed by atoms with E-state index in [9.17, 15) is 0 Å². The third-order valence-electron chi connectivity index (χ3n) is 2.74. The first-order valence-electron chi connectivity index (χ1n) is 5.28. The number of hydrogen-bond donors (Lipinski definition) is 1. The summed E-state index contributed by atoms with van der Waals surface area (Å²) in [5, 5.41) is 3.43. The molecule has 2 heteroatoms. The van der Waals surface area contributed by atoms with Crippen molar-refractivity contribution in [1.82, 2.24) is 10.2 Å². The maximum Gasteiger partial charge on any atom is 0.0300 e. The molecule has 1 fully saturated rings. The van der Waals surface area contributed by atoms with Crippen LogP contribution in [-0.2, 0) is 0 Å². The van der Waals surface area contributed by atoms with E-state index >= 15 is 0 Å². The van der Waals surface area contributed by atoms with Gasteiger partial charge in [-0.25, -0.2) is 0 Å². The monoisotopic (exact) mass is 178 g/mol. The summed E-state index contributed by atoms with van der Waals surface area (Å²) in [6.45, 7) is 4.73. The predicted octanol–water partition coefficient (Wildman–Crippen LogP) is 1.52. The summed E-state index contributed by atoms with van der Waals surface area (Å²) in [6.07, 6.45) is 10.4. The zero-order valence-corrected chi connectivity index (χ0v) is 8.13. The highest BCUT2D eigenvalue weighted by Gasteiger charge is 2.11.